The summed E-state index contributed by atoms with van der Waals surface area (Å²) < 4.78 is 0.498. The summed E-state index contributed by atoms with van der Waals surface area (Å²) in [7, 11) is 0. The van der Waals surface area contributed by atoms with E-state index in [1.165, 1.54) is 28.9 Å². The van der Waals surface area contributed by atoms with Crippen molar-refractivity contribution in [1.82, 2.24) is 15.2 Å². The molecule has 0 saturated carbocycles. The summed E-state index contributed by atoms with van der Waals surface area (Å²) in [5, 5.41) is 5.51. The van der Waals surface area contributed by atoms with Gasteiger partial charge in [-0.2, -0.15) is 0 Å². The summed E-state index contributed by atoms with van der Waals surface area (Å²) in [6.45, 7) is 2.35. The zero-order chi connectivity index (χ0) is 19.6. The van der Waals surface area contributed by atoms with E-state index in [1.54, 1.807) is 4.90 Å². The van der Waals surface area contributed by atoms with Crippen LogP contribution < -0.4 is 16.4 Å². The molecule has 3 heterocycles. The number of anilines is 1. The van der Waals surface area contributed by atoms with E-state index in [0.717, 1.165) is 22.6 Å². The molecule has 2 aromatic rings. The average molecular weight is 428 g/mol. The highest BCUT2D eigenvalue weighted by Crippen LogP contribution is 2.37. The zero-order valence-electron chi connectivity index (χ0n) is 14.5. The summed E-state index contributed by atoms with van der Waals surface area (Å²) >= 11 is 8.52. The number of nitrogens with zero attached hydrogens (tertiary/aromatic N) is 2. The maximum atomic E-state index is 12.5. The molecule has 0 spiro atoms. The van der Waals surface area contributed by atoms with Gasteiger partial charge in [0.1, 0.15) is 4.34 Å². The molecule has 0 aliphatic carbocycles. The van der Waals surface area contributed by atoms with Gasteiger partial charge in [-0.15, -0.1) is 11.3 Å². The number of primary amides is 1. The van der Waals surface area contributed by atoms with Gasteiger partial charge in [0, 0.05) is 16.3 Å². The molecule has 11 heteroatoms. The van der Waals surface area contributed by atoms with Gasteiger partial charge in [-0.05, 0) is 25.8 Å². The fourth-order valence-corrected chi connectivity index (χ4v) is 4.98. The second-order valence-corrected chi connectivity index (χ2v) is 8.96. The predicted molar refractivity (Wildman–Crippen MR) is 105 cm³/mol. The lowest BCUT2D eigenvalue weighted by Gasteiger charge is -2.23. The minimum Gasteiger partial charge on any atom is -0.352 e. The number of likely N-dealkylation sites (tertiary alicyclic amines) is 1. The Kier molecular flexibility index (Phi) is 5.98. The van der Waals surface area contributed by atoms with E-state index in [0.29, 0.717) is 21.6 Å². The van der Waals surface area contributed by atoms with Crippen LogP contribution >= 0.6 is 34.3 Å². The van der Waals surface area contributed by atoms with Gasteiger partial charge in [-0.3, -0.25) is 14.9 Å². The van der Waals surface area contributed by atoms with Crippen LogP contribution in [0.5, 0.6) is 0 Å². The number of rotatable bonds is 5. The lowest BCUT2D eigenvalue weighted by atomic mass is 10.1. The number of thiophene rings is 1. The highest BCUT2D eigenvalue weighted by atomic mass is 35.5. The van der Waals surface area contributed by atoms with Gasteiger partial charge in [0.05, 0.1) is 24.3 Å². The standard InChI is InChI=1S/C16H18ClN5O3S2/c1-8-9(14(24)21-16-20-6-12(17)27-16)5-11(26-8)10-3-2-4-22(10)13(23)7-19-15(18)25/h5-6,10H,2-4,7H2,1H3,(H3,18,19,25)(H,20,21,24). The molecule has 144 valence electrons. The Morgan fingerprint density at radius 1 is 1.41 bits per heavy atom. The van der Waals surface area contributed by atoms with Gasteiger partial charge >= 0.3 is 6.03 Å². The number of hydrogen-bond acceptors (Lipinski definition) is 6. The molecule has 0 bridgehead atoms. The minimum absolute atomic E-state index is 0.105. The van der Waals surface area contributed by atoms with E-state index in [9.17, 15) is 14.4 Å². The van der Waals surface area contributed by atoms with Crippen molar-refractivity contribution in [2.75, 3.05) is 18.4 Å². The molecule has 27 heavy (non-hydrogen) atoms. The van der Waals surface area contributed by atoms with E-state index in [1.807, 2.05) is 13.0 Å². The van der Waals surface area contributed by atoms with Crippen molar-refractivity contribution >= 4 is 57.3 Å². The molecule has 0 radical (unpaired) electrons. The van der Waals surface area contributed by atoms with Crippen LogP contribution in [0.4, 0.5) is 9.93 Å². The third kappa shape index (κ3) is 4.57. The molecule has 1 unspecified atom stereocenters. The van der Waals surface area contributed by atoms with Gasteiger partial charge in [0.15, 0.2) is 5.13 Å². The first-order chi connectivity index (χ1) is 12.8. The maximum Gasteiger partial charge on any atom is 0.312 e. The Hall–Kier alpha value is -2.17. The lowest BCUT2D eigenvalue weighted by molar-refractivity contribution is -0.130. The molecule has 3 rings (SSSR count). The molecule has 4 N–H and O–H groups in total. The van der Waals surface area contributed by atoms with Gasteiger partial charge < -0.3 is 16.0 Å². The second kappa shape index (κ2) is 8.24. The van der Waals surface area contributed by atoms with Crippen LogP contribution in [-0.4, -0.2) is 40.8 Å². The number of urea groups is 1. The normalized spacial score (nSPS) is 16.4. The number of carbonyl (C=O) groups excluding carboxylic acids is 3. The van der Waals surface area contributed by atoms with Crippen LogP contribution in [0.15, 0.2) is 12.3 Å². The topological polar surface area (TPSA) is 117 Å². The van der Waals surface area contributed by atoms with Crippen molar-refractivity contribution in [2.45, 2.75) is 25.8 Å². The Balaban J connectivity index is 1.73. The molecule has 2 aromatic heterocycles. The second-order valence-electron chi connectivity index (χ2n) is 6.01. The van der Waals surface area contributed by atoms with Gasteiger partial charge in [0.25, 0.3) is 5.91 Å². The molecule has 1 aliphatic rings. The first kappa shape index (κ1) is 19.6. The summed E-state index contributed by atoms with van der Waals surface area (Å²) in [6.07, 6.45) is 3.16. The minimum atomic E-state index is -0.729. The molecule has 1 atom stereocenters. The van der Waals surface area contributed by atoms with Crippen LogP contribution in [0.2, 0.25) is 4.34 Å². The molecule has 1 aliphatic heterocycles. The van der Waals surface area contributed by atoms with Crippen LogP contribution in [0.25, 0.3) is 0 Å². The van der Waals surface area contributed by atoms with E-state index in [4.69, 9.17) is 17.3 Å². The molecular formula is C16H18ClN5O3S2. The number of halogens is 1. The molecule has 8 nitrogen and oxygen atoms in total. The number of nitrogens with one attached hydrogen (secondary N) is 2. The first-order valence-corrected chi connectivity index (χ1v) is 10.2. The van der Waals surface area contributed by atoms with Gasteiger partial charge in [-0.25, -0.2) is 9.78 Å². The van der Waals surface area contributed by atoms with Crippen molar-refractivity contribution in [2.24, 2.45) is 5.73 Å². The van der Waals surface area contributed by atoms with Gasteiger partial charge in [0.2, 0.25) is 5.91 Å². The van der Waals surface area contributed by atoms with Crippen molar-refractivity contribution in [3.63, 3.8) is 0 Å². The van der Waals surface area contributed by atoms with E-state index in [-0.39, 0.29) is 24.4 Å². The number of aryl methyl sites for hydroxylation is 1. The van der Waals surface area contributed by atoms with Crippen LogP contribution in [-0.2, 0) is 4.79 Å². The third-order valence-corrected chi connectivity index (χ3v) is 6.38. The number of carbonyl (C=O) groups is 3. The Bertz CT molecular complexity index is 881. The summed E-state index contributed by atoms with van der Waals surface area (Å²) in [5.41, 5.74) is 5.58. The summed E-state index contributed by atoms with van der Waals surface area (Å²) in [4.78, 5) is 43.3. The van der Waals surface area contributed by atoms with Crippen molar-refractivity contribution < 1.29 is 14.4 Å². The number of thiazole rings is 1. The van der Waals surface area contributed by atoms with Crippen LogP contribution in [0, 0.1) is 6.92 Å². The van der Waals surface area contributed by atoms with Crippen molar-refractivity contribution in [3.8, 4) is 0 Å². The Labute approximate surface area is 168 Å². The van der Waals surface area contributed by atoms with Crippen molar-refractivity contribution in [1.29, 1.82) is 0 Å². The van der Waals surface area contributed by atoms with E-state index < -0.39 is 6.03 Å². The lowest BCUT2D eigenvalue weighted by Crippen LogP contribution is -2.41. The fourth-order valence-electron chi connectivity index (χ4n) is 3.00. The number of amides is 4. The van der Waals surface area contributed by atoms with Gasteiger partial charge in [-0.1, -0.05) is 22.9 Å². The first-order valence-electron chi connectivity index (χ1n) is 8.21. The molecule has 4 amide bonds. The number of nitrogens with two attached hydrogens (primary N) is 1. The fraction of sp³-hybridized carbons (Fsp3) is 0.375. The van der Waals surface area contributed by atoms with Crippen molar-refractivity contribution in [3.05, 3.63) is 31.9 Å². The predicted octanol–water partition coefficient (Wildman–Crippen LogP) is 2.75. The maximum absolute atomic E-state index is 12.5. The highest BCUT2D eigenvalue weighted by Gasteiger charge is 2.32. The molecule has 1 fully saturated rings. The third-order valence-electron chi connectivity index (χ3n) is 4.19. The van der Waals surface area contributed by atoms with Crippen LogP contribution in [0.3, 0.4) is 0 Å². The Morgan fingerprint density at radius 2 is 2.19 bits per heavy atom. The SMILES string of the molecule is Cc1sc(C2CCCN2C(=O)CNC(N)=O)cc1C(=O)Nc1ncc(Cl)s1. The average Bonchev–Trinajstić information content (AvgIpc) is 3.32. The highest BCUT2D eigenvalue weighted by molar-refractivity contribution is 7.19. The summed E-state index contributed by atoms with van der Waals surface area (Å²) in [6, 6.07) is 0.988. The van der Waals surface area contributed by atoms with Crippen LogP contribution in [0.1, 0.15) is 39.0 Å². The monoisotopic (exact) mass is 427 g/mol. The quantitative estimate of drug-likeness (QED) is 0.679. The van der Waals surface area contributed by atoms with E-state index in [2.05, 4.69) is 15.6 Å². The molecule has 0 aromatic carbocycles. The van der Waals surface area contributed by atoms with E-state index >= 15 is 0 Å². The summed E-state index contributed by atoms with van der Waals surface area (Å²) in [5.74, 6) is -0.446. The smallest absolute Gasteiger partial charge is 0.312 e. The molecule has 1 saturated heterocycles. The number of aromatic nitrogens is 1. The molecular weight excluding hydrogens is 410 g/mol. The number of hydrogen-bond donors (Lipinski definition) is 3. The largest absolute Gasteiger partial charge is 0.352 e. The Morgan fingerprint density at radius 3 is 2.85 bits per heavy atom. The zero-order valence-corrected chi connectivity index (χ0v) is 16.8.